The average Bonchev–Trinajstić information content (AvgIpc) is 2.42. The van der Waals surface area contributed by atoms with Crippen molar-refractivity contribution in [1.82, 2.24) is 4.31 Å². The molecule has 20 heavy (non-hydrogen) atoms. The molecule has 0 saturated heterocycles. The van der Waals surface area contributed by atoms with Gasteiger partial charge in [0.15, 0.2) is 0 Å². The highest BCUT2D eigenvalue weighted by Gasteiger charge is 2.25. The summed E-state index contributed by atoms with van der Waals surface area (Å²) in [6.07, 6.45) is 1.93. The molecule has 0 bridgehead atoms. The van der Waals surface area contributed by atoms with Crippen LogP contribution in [-0.2, 0) is 10.0 Å². The van der Waals surface area contributed by atoms with Crippen LogP contribution in [0.3, 0.4) is 0 Å². The highest BCUT2D eigenvalue weighted by molar-refractivity contribution is 7.89. The van der Waals surface area contributed by atoms with E-state index in [1.807, 2.05) is 6.92 Å². The lowest BCUT2D eigenvalue weighted by Gasteiger charge is -2.25. The lowest BCUT2D eigenvalue weighted by molar-refractivity contribution is 0.339. The van der Waals surface area contributed by atoms with Crippen molar-refractivity contribution in [3.63, 3.8) is 0 Å². The van der Waals surface area contributed by atoms with Gasteiger partial charge in [-0.15, -0.1) is 0 Å². The predicted octanol–water partition coefficient (Wildman–Crippen LogP) is 3.37. The maximum absolute atomic E-state index is 12.6. The highest BCUT2D eigenvalue weighted by Crippen LogP contribution is 2.25. The highest BCUT2D eigenvalue weighted by atomic mass is 35.5. The van der Waals surface area contributed by atoms with Crippen LogP contribution in [-0.4, -0.2) is 25.8 Å². The molecule has 4 nitrogen and oxygen atoms in total. The maximum atomic E-state index is 12.6. The number of benzene rings is 1. The van der Waals surface area contributed by atoms with Crippen LogP contribution < -0.4 is 5.73 Å². The second-order valence-corrected chi connectivity index (χ2v) is 7.17. The lowest BCUT2D eigenvalue weighted by Crippen LogP contribution is -2.35. The zero-order valence-electron chi connectivity index (χ0n) is 12.3. The van der Waals surface area contributed by atoms with E-state index in [4.69, 9.17) is 17.3 Å². The van der Waals surface area contributed by atoms with E-state index in [9.17, 15) is 8.42 Å². The largest absolute Gasteiger partial charge is 0.398 e. The first kappa shape index (κ1) is 17.3. The minimum Gasteiger partial charge on any atom is -0.398 e. The molecule has 114 valence electrons. The second-order valence-electron chi connectivity index (χ2n) is 4.82. The molecule has 0 aliphatic rings. The Morgan fingerprint density at radius 2 is 1.85 bits per heavy atom. The Morgan fingerprint density at radius 3 is 2.30 bits per heavy atom. The minimum atomic E-state index is -3.51. The Labute approximate surface area is 127 Å². The molecule has 0 amide bonds. The Morgan fingerprint density at radius 1 is 1.25 bits per heavy atom. The molecule has 1 rings (SSSR count). The lowest BCUT2D eigenvalue weighted by atomic mass is 10.0. The molecule has 0 unspecified atom stereocenters. The Bertz CT molecular complexity index is 542. The third-order valence-corrected chi connectivity index (χ3v) is 5.84. The second kappa shape index (κ2) is 7.29. The molecule has 0 radical (unpaired) electrons. The van der Waals surface area contributed by atoms with Gasteiger partial charge in [0.05, 0.1) is 15.6 Å². The summed E-state index contributed by atoms with van der Waals surface area (Å²) in [6, 6.07) is 4.45. The monoisotopic (exact) mass is 318 g/mol. The van der Waals surface area contributed by atoms with Crippen molar-refractivity contribution in [2.75, 3.05) is 18.8 Å². The molecule has 0 atom stereocenters. The number of nitrogens with zero attached hydrogens (tertiary/aromatic N) is 1. The van der Waals surface area contributed by atoms with Gasteiger partial charge in [0.25, 0.3) is 0 Å². The van der Waals surface area contributed by atoms with E-state index in [1.54, 1.807) is 0 Å². The first-order chi connectivity index (χ1) is 9.36. The average molecular weight is 319 g/mol. The van der Waals surface area contributed by atoms with Gasteiger partial charge in [0, 0.05) is 13.1 Å². The quantitative estimate of drug-likeness (QED) is 0.784. The summed E-state index contributed by atoms with van der Waals surface area (Å²) in [4.78, 5) is 0.199. The molecular formula is C14H23ClN2O2S. The summed E-state index contributed by atoms with van der Waals surface area (Å²) in [6.45, 7) is 6.98. The number of nitrogen functional groups attached to an aromatic ring is 1. The number of hydrogen-bond acceptors (Lipinski definition) is 3. The molecule has 6 heteroatoms. The number of nitrogens with two attached hydrogens (primary N) is 1. The number of hydrogen-bond donors (Lipinski definition) is 1. The zero-order valence-corrected chi connectivity index (χ0v) is 13.8. The summed E-state index contributed by atoms with van der Waals surface area (Å²) >= 11 is 5.92. The van der Waals surface area contributed by atoms with Gasteiger partial charge in [-0.2, -0.15) is 4.31 Å². The van der Waals surface area contributed by atoms with Crippen molar-refractivity contribution in [1.29, 1.82) is 0 Å². The van der Waals surface area contributed by atoms with Gasteiger partial charge in [-0.1, -0.05) is 45.2 Å². The molecule has 0 heterocycles. The number of halogens is 1. The fourth-order valence-corrected chi connectivity index (χ4v) is 3.85. The third kappa shape index (κ3) is 3.87. The molecule has 0 aliphatic carbocycles. The Hall–Kier alpha value is -0.780. The van der Waals surface area contributed by atoms with Crippen LogP contribution in [0.5, 0.6) is 0 Å². The number of anilines is 1. The summed E-state index contributed by atoms with van der Waals surface area (Å²) in [5.41, 5.74) is 6.01. The third-order valence-electron chi connectivity index (χ3n) is 3.58. The van der Waals surface area contributed by atoms with Crippen LogP contribution in [0.1, 0.15) is 33.6 Å². The van der Waals surface area contributed by atoms with Crippen molar-refractivity contribution in [3.8, 4) is 0 Å². The first-order valence-corrected chi connectivity index (χ1v) is 8.73. The van der Waals surface area contributed by atoms with Crippen LogP contribution in [0.25, 0.3) is 0 Å². The fourth-order valence-electron chi connectivity index (χ4n) is 2.05. The van der Waals surface area contributed by atoms with E-state index in [2.05, 4.69) is 13.8 Å². The smallest absolute Gasteiger partial charge is 0.243 e. The molecule has 0 spiro atoms. The van der Waals surface area contributed by atoms with Crippen molar-refractivity contribution < 1.29 is 8.42 Å². The molecular weight excluding hydrogens is 296 g/mol. The zero-order chi connectivity index (χ0) is 15.3. The van der Waals surface area contributed by atoms with E-state index < -0.39 is 10.0 Å². The van der Waals surface area contributed by atoms with Crippen molar-refractivity contribution >= 4 is 27.3 Å². The van der Waals surface area contributed by atoms with Crippen LogP contribution in [0, 0.1) is 5.92 Å². The van der Waals surface area contributed by atoms with Crippen molar-refractivity contribution in [2.24, 2.45) is 5.92 Å². The SMILES string of the molecule is CCC(CC)CN(CC)S(=O)(=O)c1ccc(N)c(Cl)c1. The van der Waals surface area contributed by atoms with Crippen LogP contribution in [0.2, 0.25) is 5.02 Å². The van der Waals surface area contributed by atoms with E-state index in [0.717, 1.165) is 12.8 Å². The molecule has 1 aromatic rings. The van der Waals surface area contributed by atoms with Gasteiger partial charge in [-0.3, -0.25) is 0 Å². The van der Waals surface area contributed by atoms with Gasteiger partial charge >= 0.3 is 0 Å². The van der Waals surface area contributed by atoms with E-state index in [1.165, 1.54) is 22.5 Å². The number of sulfonamides is 1. The Balaban J connectivity index is 3.08. The van der Waals surface area contributed by atoms with E-state index >= 15 is 0 Å². The van der Waals surface area contributed by atoms with Gasteiger partial charge in [-0.25, -0.2) is 8.42 Å². The summed E-state index contributed by atoms with van der Waals surface area (Å²) in [7, 11) is -3.51. The minimum absolute atomic E-state index is 0.199. The van der Waals surface area contributed by atoms with Crippen LogP contribution >= 0.6 is 11.6 Å². The fraction of sp³-hybridized carbons (Fsp3) is 0.571. The van der Waals surface area contributed by atoms with E-state index in [0.29, 0.717) is 24.7 Å². The summed E-state index contributed by atoms with van der Waals surface area (Å²) < 4.78 is 26.7. The van der Waals surface area contributed by atoms with E-state index in [-0.39, 0.29) is 9.92 Å². The van der Waals surface area contributed by atoms with Gasteiger partial charge in [-0.05, 0) is 24.1 Å². The van der Waals surface area contributed by atoms with Gasteiger partial charge in [0.2, 0.25) is 10.0 Å². The summed E-state index contributed by atoms with van der Waals surface area (Å²) in [5.74, 6) is 0.369. The molecule has 2 N–H and O–H groups in total. The standard InChI is InChI=1S/C14H23ClN2O2S/c1-4-11(5-2)10-17(6-3)20(18,19)12-7-8-14(16)13(15)9-12/h7-9,11H,4-6,10,16H2,1-3H3. The normalized spacial score (nSPS) is 12.3. The molecule has 0 aliphatic heterocycles. The molecule has 1 aromatic carbocycles. The maximum Gasteiger partial charge on any atom is 0.243 e. The number of rotatable bonds is 7. The van der Waals surface area contributed by atoms with Crippen LogP contribution in [0.15, 0.2) is 23.1 Å². The van der Waals surface area contributed by atoms with Gasteiger partial charge < -0.3 is 5.73 Å². The van der Waals surface area contributed by atoms with Gasteiger partial charge in [0.1, 0.15) is 0 Å². The molecule has 0 fully saturated rings. The Kier molecular flexibility index (Phi) is 6.30. The molecule has 0 saturated carbocycles. The first-order valence-electron chi connectivity index (χ1n) is 6.91. The van der Waals surface area contributed by atoms with Crippen LogP contribution in [0.4, 0.5) is 5.69 Å². The van der Waals surface area contributed by atoms with Crippen molar-refractivity contribution in [3.05, 3.63) is 23.2 Å². The summed E-state index contributed by atoms with van der Waals surface area (Å²) in [5, 5.41) is 0.268. The predicted molar refractivity (Wildman–Crippen MR) is 84.4 cm³/mol. The topological polar surface area (TPSA) is 63.4 Å². The molecule has 0 aromatic heterocycles. The van der Waals surface area contributed by atoms with Crippen molar-refractivity contribution in [2.45, 2.75) is 38.5 Å².